The number of hydrogen-bond acceptors (Lipinski definition) is 6. The number of benzene rings is 2. The summed E-state index contributed by atoms with van der Waals surface area (Å²) in [6, 6.07) is 14.9. The number of carbonyl (C=O) groups is 1. The Bertz CT molecular complexity index is 1010. The van der Waals surface area contributed by atoms with Gasteiger partial charge in [0.1, 0.15) is 17.2 Å². The van der Waals surface area contributed by atoms with E-state index in [9.17, 15) is 4.79 Å². The molecule has 0 saturated heterocycles. The SMILES string of the molecule is COc1ccc(OC)c(-c2cc(C(=O)NCC3COc4ccccc4C3)no2)c1. The summed E-state index contributed by atoms with van der Waals surface area (Å²) in [5.41, 5.74) is 2.03. The summed E-state index contributed by atoms with van der Waals surface area (Å²) in [4.78, 5) is 12.5. The largest absolute Gasteiger partial charge is 0.497 e. The number of para-hydroxylation sites is 1. The van der Waals surface area contributed by atoms with Crippen LogP contribution in [0.4, 0.5) is 0 Å². The fourth-order valence-electron chi connectivity index (χ4n) is 3.37. The minimum Gasteiger partial charge on any atom is -0.497 e. The van der Waals surface area contributed by atoms with Crippen molar-refractivity contribution in [3.05, 3.63) is 59.8 Å². The minimum atomic E-state index is -0.291. The van der Waals surface area contributed by atoms with Crippen molar-refractivity contribution in [2.75, 3.05) is 27.4 Å². The minimum absolute atomic E-state index is 0.207. The molecule has 0 bridgehead atoms. The zero-order valence-electron chi connectivity index (χ0n) is 16.3. The molecule has 0 fully saturated rings. The number of rotatable bonds is 6. The normalized spacial score (nSPS) is 15.2. The van der Waals surface area contributed by atoms with Gasteiger partial charge in [-0.1, -0.05) is 23.4 Å². The Labute approximate surface area is 168 Å². The number of nitrogens with zero attached hydrogens (tertiary/aromatic N) is 1. The van der Waals surface area contributed by atoms with E-state index < -0.39 is 0 Å². The number of aromatic nitrogens is 1. The number of carbonyl (C=O) groups excluding carboxylic acids is 1. The van der Waals surface area contributed by atoms with E-state index in [1.807, 2.05) is 18.2 Å². The summed E-state index contributed by atoms with van der Waals surface area (Å²) >= 11 is 0. The first-order valence-electron chi connectivity index (χ1n) is 9.36. The fraction of sp³-hybridized carbons (Fsp3) is 0.273. The third-order valence-corrected chi connectivity index (χ3v) is 4.92. The molecule has 1 aliphatic heterocycles. The monoisotopic (exact) mass is 394 g/mol. The molecule has 1 aliphatic rings. The van der Waals surface area contributed by atoms with E-state index in [-0.39, 0.29) is 17.5 Å². The van der Waals surface area contributed by atoms with Gasteiger partial charge in [0.15, 0.2) is 11.5 Å². The number of hydrogen-bond donors (Lipinski definition) is 1. The quantitative estimate of drug-likeness (QED) is 0.690. The summed E-state index contributed by atoms with van der Waals surface area (Å²) in [7, 11) is 3.15. The third kappa shape index (κ3) is 4.03. The molecule has 150 valence electrons. The molecule has 1 aromatic heterocycles. The molecular weight excluding hydrogens is 372 g/mol. The average molecular weight is 394 g/mol. The lowest BCUT2D eigenvalue weighted by Gasteiger charge is -2.25. The van der Waals surface area contributed by atoms with Gasteiger partial charge in [-0.05, 0) is 36.2 Å². The van der Waals surface area contributed by atoms with Gasteiger partial charge in [0.05, 0.1) is 26.4 Å². The van der Waals surface area contributed by atoms with Gasteiger partial charge < -0.3 is 24.1 Å². The zero-order chi connectivity index (χ0) is 20.2. The summed E-state index contributed by atoms with van der Waals surface area (Å²) < 4.78 is 21.8. The first-order chi connectivity index (χ1) is 14.2. The van der Waals surface area contributed by atoms with Crippen LogP contribution in [0.1, 0.15) is 16.1 Å². The number of amides is 1. The molecule has 0 radical (unpaired) electrons. The maximum absolute atomic E-state index is 12.5. The van der Waals surface area contributed by atoms with E-state index in [1.54, 1.807) is 38.5 Å². The summed E-state index contributed by atoms with van der Waals surface area (Å²) in [6.07, 6.45) is 0.863. The van der Waals surface area contributed by atoms with Crippen LogP contribution in [0.3, 0.4) is 0 Å². The molecule has 1 N–H and O–H groups in total. The molecule has 0 spiro atoms. The van der Waals surface area contributed by atoms with E-state index in [0.29, 0.717) is 36.0 Å². The fourth-order valence-corrected chi connectivity index (χ4v) is 3.37. The van der Waals surface area contributed by atoms with Crippen molar-refractivity contribution in [1.82, 2.24) is 10.5 Å². The van der Waals surface area contributed by atoms with Crippen molar-refractivity contribution >= 4 is 5.91 Å². The summed E-state index contributed by atoms with van der Waals surface area (Å²) in [6.45, 7) is 1.07. The molecule has 2 aromatic carbocycles. The summed E-state index contributed by atoms with van der Waals surface area (Å²) in [5.74, 6) is 2.52. The Hall–Kier alpha value is -3.48. The van der Waals surface area contributed by atoms with Gasteiger partial charge in [-0.25, -0.2) is 0 Å². The van der Waals surface area contributed by atoms with Crippen molar-refractivity contribution in [1.29, 1.82) is 0 Å². The van der Waals surface area contributed by atoms with Crippen LogP contribution >= 0.6 is 0 Å². The first-order valence-corrected chi connectivity index (χ1v) is 9.36. The molecule has 29 heavy (non-hydrogen) atoms. The Morgan fingerprint density at radius 2 is 2.03 bits per heavy atom. The topological polar surface area (TPSA) is 82.8 Å². The van der Waals surface area contributed by atoms with Gasteiger partial charge in [0.2, 0.25) is 0 Å². The molecular formula is C22H22N2O5. The van der Waals surface area contributed by atoms with Crippen LogP contribution in [0.2, 0.25) is 0 Å². The van der Waals surface area contributed by atoms with Crippen LogP contribution in [0.15, 0.2) is 53.1 Å². The van der Waals surface area contributed by atoms with Crippen LogP contribution in [0, 0.1) is 5.92 Å². The molecule has 0 aliphatic carbocycles. The van der Waals surface area contributed by atoms with Gasteiger partial charge in [0.25, 0.3) is 5.91 Å². The highest BCUT2D eigenvalue weighted by molar-refractivity contribution is 5.93. The Balaban J connectivity index is 1.42. The molecule has 2 heterocycles. The molecule has 4 rings (SSSR count). The smallest absolute Gasteiger partial charge is 0.273 e. The van der Waals surface area contributed by atoms with Crippen LogP contribution in [-0.2, 0) is 6.42 Å². The van der Waals surface area contributed by atoms with Crippen LogP contribution < -0.4 is 19.5 Å². The number of fused-ring (bicyclic) bond motifs is 1. The Morgan fingerprint density at radius 3 is 2.86 bits per heavy atom. The van der Waals surface area contributed by atoms with E-state index in [1.165, 1.54) is 0 Å². The van der Waals surface area contributed by atoms with Crippen molar-refractivity contribution < 1.29 is 23.5 Å². The van der Waals surface area contributed by atoms with E-state index in [0.717, 1.165) is 17.7 Å². The van der Waals surface area contributed by atoms with Gasteiger partial charge in [-0.15, -0.1) is 0 Å². The van der Waals surface area contributed by atoms with E-state index in [4.69, 9.17) is 18.7 Å². The lowest BCUT2D eigenvalue weighted by atomic mass is 9.97. The van der Waals surface area contributed by atoms with Crippen molar-refractivity contribution in [2.45, 2.75) is 6.42 Å². The number of ether oxygens (including phenoxy) is 3. The van der Waals surface area contributed by atoms with Gasteiger partial charge in [-0.2, -0.15) is 0 Å². The maximum Gasteiger partial charge on any atom is 0.273 e. The van der Waals surface area contributed by atoms with Gasteiger partial charge in [0, 0.05) is 18.5 Å². The lowest BCUT2D eigenvalue weighted by molar-refractivity contribution is 0.0930. The van der Waals surface area contributed by atoms with Gasteiger partial charge in [-0.3, -0.25) is 4.79 Å². The maximum atomic E-state index is 12.5. The number of methoxy groups -OCH3 is 2. The van der Waals surface area contributed by atoms with Crippen molar-refractivity contribution in [2.24, 2.45) is 5.92 Å². The first kappa shape index (κ1) is 18.9. The second kappa shape index (κ2) is 8.26. The Kier molecular flexibility index (Phi) is 5.37. The van der Waals surface area contributed by atoms with Crippen LogP contribution in [0.5, 0.6) is 17.2 Å². The third-order valence-electron chi connectivity index (χ3n) is 4.92. The van der Waals surface area contributed by atoms with Crippen LogP contribution in [-0.4, -0.2) is 38.4 Å². The summed E-state index contributed by atoms with van der Waals surface area (Å²) in [5, 5.41) is 6.83. The van der Waals surface area contributed by atoms with Crippen molar-refractivity contribution in [3.63, 3.8) is 0 Å². The van der Waals surface area contributed by atoms with Gasteiger partial charge >= 0.3 is 0 Å². The molecule has 3 aromatic rings. The highest BCUT2D eigenvalue weighted by atomic mass is 16.5. The van der Waals surface area contributed by atoms with E-state index >= 15 is 0 Å². The average Bonchev–Trinajstić information content (AvgIpc) is 3.27. The molecule has 1 amide bonds. The molecule has 7 nitrogen and oxygen atoms in total. The van der Waals surface area contributed by atoms with Crippen molar-refractivity contribution in [3.8, 4) is 28.6 Å². The highest BCUT2D eigenvalue weighted by Crippen LogP contribution is 2.33. The van der Waals surface area contributed by atoms with Crippen LogP contribution in [0.25, 0.3) is 11.3 Å². The van der Waals surface area contributed by atoms with E-state index in [2.05, 4.69) is 16.5 Å². The predicted octanol–water partition coefficient (Wildman–Crippen LogP) is 3.34. The molecule has 7 heteroatoms. The molecule has 0 saturated carbocycles. The second-order valence-electron chi connectivity index (χ2n) is 6.84. The zero-order valence-corrected chi connectivity index (χ0v) is 16.3. The molecule has 1 atom stereocenters. The second-order valence-corrected chi connectivity index (χ2v) is 6.84. The Morgan fingerprint density at radius 1 is 1.17 bits per heavy atom. The standard InChI is InChI=1S/C22H22N2O5/c1-26-16-7-8-20(27-2)17(10-16)21-11-18(24-29-21)22(25)23-12-14-9-15-5-3-4-6-19(15)28-13-14/h3-8,10-11,14H,9,12-13H2,1-2H3,(H,23,25). The number of nitrogens with one attached hydrogen (secondary N) is 1. The highest BCUT2D eigenvalue weighted by Gasteiger charge is 2.22. The molecule has 1 unspecified atom stereocenters. The lowest BCUT2D eigenvalue weighted by Crippen LogP contribution is -2.34. The predicted molar refractivity (Wildman–Crippen MR) is 107 cm³/mol.